The Morgan fingerprint density at radius 3 is 2.17 bits per heavy atom. The summed E-state index contributed by atoms with van der Waals surface area (Å²) in [4.78, 5) is 76.7. The number of hydrogen-bond donors (Lipinski definition) is 5. The summed E-state index contributed by atoms with van der Waals surface area (Å²) in [6, 6.07) is 9.38. The van der Waals surface area contributed by atoms with Gasteiger partial charge in [0.2, 0.25) is 23.6 Å². The van der Waals surface area contributed by atoms with Gasteiger partial charge in [0.05, 0.1) is 12.1 Å². The van der Waals surface area contributed by atoms with Gasteiger partial charge < -0.3 is 31.3 Å². The highest BCUT2D eigenvalue weighted by molar-refractivity contribution is 5.95. The van der Waals surface area contributed by atoms with Crippen molar-refractivity contribution in [2.45, 2.75) is 156 Å². The number of fused-ring (bicyclic) bond motifs is 1. The molecule has 5 rings (SSSR count). The number of carbonyl (C=O) groups is 5. The molecule has 0 bridgehead atoms. The lowest BCUT2D eigenvalue weighted by Crippen LogP contribution is -2.61. The van der Waals surface area contributed by atoms with Gasteiger partial charge in [0, 0.05) is 31.8 Å². The topological polar surface area (TPSA) is 213 Å². The van der Waals surface area contributed by atoms with Gasteiger partial charge >= 0.3 is 0 Å². The Kier molecular flexibility index (Phi) is 16.2. The van der Waals surface area contributed by atoms with Crippen LogP contribution >= 0.6 is 0 Å². The minimum atomic E-state index is -1.55. The molecule has 1 saturated carbocycles. The second-order valence-corrected chi connectivity index (χ2v) is 19.2. The van der Waals surface area contributed by atoms with Gasteiger partial charge in [0.25, 0.3) is 5.91 Å². The van der Waals surface area contributed by atoms with Crippen molar-refractivity contribution in [3.63, 3.8) is 0 Å². The summed E-state index contributed by atoms with van der Waals surface area (Å²) in [5, 5.41) is 35.7. The number of pyridine rings is 1. The predicted octanol–water partition coefficient (Wildman–Crippen LogP) is 4.24. The summed E-state index contributed by atoms with van der Waals surface area (Å²) in [5.41, 5.74) is 1.16. The van der Waals surface area contributed by atoms with Crippen LogP contribution < -0.4 is 21.3 Å². The van der Waals surface area contributed by atoms with Crippen molar-refractivity contribution in [1.29, 1.82) is 0 Å². The van der Waals surface area contributed by atoms with Crippen molar-refractivity contribution in [3.05, 3.63) is 71.8 Å². The maximum Gasteiger partial charge on any atom is 0.251 e. The normalized spacial score (nSPS) is 22.2. The number of tetrazole rings is 1. The van der Waals surface area contributed by atoms with Gasteiger partial charge in [-0.1, -0.05) is 78.3 Å². The molecule has 5 amide bonds. The number of rotatable bonds is 20. The summed E-state index contributed by atoms with van der Waals surface area (Å²) < 4.78 is 0. The van der Waals surface area contributed by atoms with E-state index >= 15 is 0 Å². The van der Waals surface area contributed by atoms with Crippen molar-refractivity contribution >= 4 is 29.5 Å². The molecule has 6 unspecified atom stereocenters. The Morgan fingerprint density at radius 1 is 0.873 bits per heavy atom. The predicted molar refractivity (Wildman–Crippen MR) is 238 cm³/mol. The van der Waals surface area contributed by atoms with Crippen molar-refractivity contribution in [1.82, 2.24) is 51.4 Å². The average Bonchev–Trinajstić information content (AvgIpc) is 3.99. The lowest BCUT2D eigenvalue weighted by molar-refractivity contribution is -0.145. The molecule has 2 aromatic heterocycles. The first-order valence-electron chi connectivity index (χ1n) is 22.7. The van der Waals surface area contributed by atoms with Crippen LogP contribution in [-0.4, -0.2) is 102 Å². The van der Waals surface area contributed by atoms with Crippen molar-refractivity contribution in [3.8, 4) is 0 Å². The molecule has 3 aromatic rings. The Balaban J connectivity index is 1.20. The smallest absolute Gasteiger partial charge is 0.251 e. The van der Waals surface area contributed by atoms with Crippen LogP contribution in [0.1, 0.15) is 131 Å². The van der Waals surface area contributed by atoms with Crippen LogP contribution in [0.2, 0.25) is 0 Å². The molecule has 63 heavy (non-hydrogen) atoms. The molecule has 1 aromatic carbocycles. The number of likely N-dealkylation sites (tertiary alicyclic amines) is 1. The minimum absolute atomic E-state index is 0.0643. The van der Waals surface area contributed by atoms with Gasteiger partial charge in [-0.15, -0.1) is 10.2 Å². The fourth-order valence-electron chi connectivity index (χ4n) is 9.25. The number of amides is 5. The standard InChI is InChI=1S/C47H70N10O6/c1-11-47(10)24-21-33-27-56(40(37(33)47)43(61)50-31(7)41(59)44(62)49-30(6)32-22-25-48-26-23-32)45(63)39(29(4)5)52-42(60)38(28(2)3)51-36(58)20-16-15-19-35-53-55-57(54-35)46(8,9)34-17-13-12-14-18-34/h12-14,17-18,22-23,25-26,28-31,33,37-41,59H,11,15-16,19-21,24,27H2,1-10H3,(H,49,62)(H,50,61)(H,51,58)(H,52,60)/t30?,31?,33-,37-,38?,39-,40?,41?,47?/m0/s1. The van der Waals surface area contributed by atoms with Gasteiger partial charge in [0.1, 0.15) is 23.7 Å². The Hall–Kier alpha value is -5.25. The lowest BCUT2D eigenvalue weighted by Gasteiger charge is -2.38. The first-order chi connectivity index (χ1) is 29.8. The first kappa shape index (κ1) is 48.8. The van der Waals surface area contributed by atoms with E-state index in [1.807, 2.05) is 71.9 Å². The van der Waals surface area contributed by atoms with E-state index in [-0.39, 0.29) is 47.3 Å². The monoisotopic (exact) mass is 871 g/mol. The molecule has 1 aliphatic heterocycles. The van der Waals surface area contributed by atoms with E-state index in [0.29, 0.717) is 31.6 Å². The van der Waals surface area contributed by atoms with Crippen LogP contribution in [0.15, 0.2) is 54.9 Å². The van der Waals surface area contributed by atoms with Gasteiger partial charge in [-0.3, -0.25) is 29.0 Å². The van der Waals surface area contributed by atoms with E-state index < -0.39 is 59.6 Å². The van der Waals surface area contributed by atoms with Crippen LogP contribution in [0.25, 0.3) is 0 Å². The van der Waals surface area contributed by atoms with Crippen molar-refractivity contribution in [2.24, 2.45) is 29.1 Å². The van der Waals surface area contributed by atoms with Crippen LogP contribution in [0.4, 0.5) is 0 Å². The van der Waals surface area contributed by atoms with Gasteiger partial charge in [-0.25, -0.2) is 0 Å². The highest BCUT2D eigenvalue weighted by atomic mass is 16.3. The third kappa shape index (κ3) is 11.5. The summed E-state index contributed by atoms with van der Waals surface area (Å²) >= 11 is 0. The Bertz CT molecular complexity index is 2030. The summed E-state index contributed by atoms with van der Waals surface area (Å²) in [5.74, 6) is -2.36. The van der Waals surface area contributed by atoms with E-state index in [2.05, 4.69) is 55.5 Å². The number of aliphatic hydroxyl groups is 1. The second-order valence-electron chi connectivity index (χ2n) is 19.2. The van der Waals surface area contributed by atoms with Crippen LogP contribution in [0.5, 0.6) is 0 Å². The molecule has 0 spiro atoms. The number of aliphatic hydroxyl groups excluding tert-OH is 1. The molecule has 2 aliphatic rings. The van der Waals surface area contributed by atoms with E-state index in [1.165, 1.54) is 0 Å². The van der Waals surface area contributed by atoms with Crippen molar-refractivity contribution < 1.29 is 29.1 Å². The van der Waals surface area contributed by atoms with Crippen molar-refractivity contribution in [2.75, 3.05) is 6.54 Å². The Morgan fingerprint density at radius 2 is 1.54 bits per heavy atom. The van der Waals surface area contributed by atoms with Gasteiger partial charge in [-0.2, -0.15) is 4.80 Å². The lowest BCUT2D eigenvalue weighted by atomic mass is 9.72. The fraction of sp³-hybridized carbons (Fsp3) is 0.638. The third-order valence-corrected chi connectivity index (χ3v) is 13.5. The summed E-state index contributed by atoms with van der Waals surface area (Å²) in [6.07, 6.45) is 6.17. The number of hydrogen-bond acceptors (Lipinski definition) is 10. The number of nitrogens with one attached hydrogen (secondary N) is 4. The zero-order chi connectivity index (χ0) is 46.2. The van der Waals surface area contributed by atoms with E-state index in [4.69, 9.17) is 0 Å². The maximum atomic E-state index is 14.7. The molecule has 9 atom stereocenters. The highest BCUT2D eigenvalue weighted by Gasteiger charge is 2.58. The van der Waals surface area contributed by atoms with Gasteiger partial charge in [-0.05, 0) is 111 Å². The molecular weight excluding hydrogens is 801 g/mol. The van der Waals surface area contributed by atoms with Crippen LogP contribution in [0, 0.1) is 29.1 Å². The minimum Gasteiger partial charge on any atom is -0.381 e. The molecule has 3 heterocycles. The van der Waals surface area contributed by atoms with E-state index in [1.54, 1.807) is 48.1 Å². The second kappa shape index (κ2) is 21.0. The average molecular weight is 871 g/mol. The zero-order valence-electron chi connectivity index (χ0n) is 38.8. The Labute approximate surface area is 372 Å². The molecule has 5 N–H and O–H groups in total. The molecule has 16 nitrogen and oxygen atoms in total. The SMILES string of the molecule is CCC1(C)CC[C@H]2CN(C(=O)[C@@H](NC(=O)C(NC(=O)CCCCc3nnn(C(C)(C)c4ccccc4)n3)C(C)C)C(C)C)C(C(=O)NC(C)C(O)C(=O)NC(C)c3ccncc3)[C@H]21. The summed E-state index contributed by atoms with van der Waals surface area (Å²) in [6.45, 7) is 19.4. The number of benzene rings is 1. The molecular formula is C47H70N10O6. The third-order valence-electron chi connectivity index (χ3n) is 13.5. The number of carbonyl (C=O) groups excluding carboxylic acids is 5. The number of unbranched alkanes of at least 4 members (excludes halogenated alkanes) is 1. The fourth-order valence-corrected chi connectivity index (χ4v) is 9.25. The van der Waals surface area contributed by atoms with E-state index in [9.17, 15) is 29.1 Å². The number of nitrogens with zero attached hydrogens (tertiary/aromatic N) is 6. The molecule has 2 fully saturated rings. The van der Waals surface area contributed by atoms with Crippen LogP contribution in [0.3, 0.4) is 0 Å². The number of aromatic nitrogens is 5. The first-order valence-corrected chi connectivity index (χ1v) is 22.7. The van der Waals surface area contributed by atoms with E-state index in [0.717, 1.165) is 30.4 Å². The molecule has 16 heteroatoms. The number of aryl methyl sites for hydroxylation is 1. The molecule has 344 valence electrons. The molecule has 1 aliphatic carbocycles. The molecule has 1 saturated heterocycles. The molecule has 0 radical (unpaired) electrons. The maximum absolute atomic E-state index is 14.7. The summed E-state index contributed by atoms with van der Waals surface area (Å²) in [7, 11) is 0. The van der Waals surface area contributed by atoms with Gasteiger partial charge in [0.15, 0.2) is 11.9 Å². The highest BCUT2D eigenvalue weighted by Crippen LogP contribution is 2.55. The van der Waals surface area contributed by atoms with Crippen LogP contribution in [-0.2, 0) is 35.9 Å². The quantitative estimate of drug-likeness (QED) is 0.102. The largest absolute Gasteiger partial charge is 0.381 e. The zero-order valence-corrected chi connectivity index (χ0v) is 38.8.